The van der Waals surface area contributed by atoms with Crippen LogP contribution in [-0.2, 0) is 10.8 Å². The zero-order chi connectivity index (χ0) is 35.2. The Morgan fingerprint density at radius 1 is 0.750 bits per heavy atom. The summed E-state index contributed by atoms with van der Waals surface area (Å²) in [6.45, 7) is 0. The highest BCUT2D eigenvalue weighted by Gasteiger charge is 2.30. The van der Waals surface area contributed by atoms with Crippen molar-refractivity contribution >= 4 is 45.8 Å². The summed E-state index contributed by atoms with van der Waals surface area (Å²) in [5.74, 6) is -8.46. The number of thioether (sulfide) groups is 1. The third kappa shape index (κ3) is 7.91. The maximum Gasteiger partial charge on any atom is 0.220 e. The van der Waals surface area contributed by atoms with Crippen molar-refractivity contribution in [3.05, 3.63) is 70.0 Å². The maximum absolute atomic E-state index is 14.2. The molecule has 0 bridgehead atoms. The van der Waals surface area contributed by atoms with Gasteiger partial charge in [0.15, 0.2) is 51.4 Å². The number of nitrogens with zero attached hydrogens (tertiary/aromatic N) is 4. The molecule has 0 aliphatic carbocycles. The minimum absolute atomic E-state index is 0. The second kappa shape index (κ2) is 16.7. The van der Waals surface area contributed by atoms with Gasteiger partial charge in [-0.3, -0.25) is 13.8 Å². The molecular formula is C29H30F4N6O7S2. The zero-order valence-electron chi connectivity index (χ0n) is 25.4. The molecule has 0 aliphatic rings. The quantitative estimate of drug-likeness (QED) is 0.102. The van der Waals surface area contributed by atoms with Gasteiger partial charge in [-0.05, 0) is 6.26 Å². The van der Waals surface area contributed by atoms with Crippen molar-refractivity contribution in [2.45, 2.75) is 17.7 Å². The smallest absolute Gasteiger partial charge is 0.220 e. The number of halogens is 4. The SMILES string of the molecule is C.COc1cc(F)c(F)c(C(=O)c2cnc(S(C)=O)nc2N)c1OC.COc1cc(F)c(F)c(C(=O)c2cnc(SC)nc2N)c1OC. The van der Waals surface area contributed by atoms with Crippen molar-refractivity contribution in [2.24, 2.45) is 0 Å². The monoisotopic (exact) mass is 714 g/mol. The van der Waals surface area contributed by atoms with Gasteiger partial charge in [-0.2, -0.15) is 0 Å². The van der Waals surface area contributed by atoms with Crippen LogP contribution < -0.4 is 30.4 Å². The number of hydrogen-bond donors (Lipinski definition) is 2. The molecule has 0 saturated heterocycles. The molecule has 0 amide bonds. The van der Waals surface area contributed by atoms with E-state index in [9.17, 15) is 31.4 Å². The number of aromatic nitrogens is 4. The van der Waals surface area contributed by atoms with E-state index in [-0.39, 0.29) is 58.3 Å². The van der Waals surface area contributed by atoms with E-state index in [1.54, 1.807) is 6.26 Å². The average Bonchev–Trinajstić information content (AvgIpc) is 3.05. The van der Waals surface area contributed by atoms with Crippen molar-refractivity contribution < 1.29 is 50.3 Å². The first-order valence-electron chi connectivity index (χ1n) is 12.7. The van der Waals surface area contributed by atoms with E-state index in [0.29, 0.717) is 5.16 Å². The number of hydrogen-bond acceptors (Lipinski definition) is 14. The highest BCUT2D eigenvalue weighted by atomic mass is 32.2. The Bertz CT molecular complexity index is 1890. The van der Waals surface area contributed by atoms with Crippen LogP contribution in [0, 0.1) is 23.3 Å². The van der Waals surface area contributed by atoms with Gasteiger partial charge < -0.3 is 30.4 Å². The molecule has 13 nitrogen and oxygen atoms in total. The van der Waals surface area contributed by atoms with Gasteiger partial charge in [-0.25, -0.2) is 37.5 Å². The van der Waals surface area contributed by atoms with Gasteiger partial charge in [0.05, 0.1) is 50.4 Å². The molecule has 19 heteroatoms. The molecule has 0 radical (unpaired) electrons. The Labute approximate surface area is 278 Å². The fourth-order valence-corrected chi connectivity index (χ4v) is 4.67. The fourth-order valence-electron chi connectivity index (χ4n) is 3.90. The molecule has 0 saturated carbocycles. The van der Waals surface area contributed by atoms with Crippen molar-refractivity contribution in [2.75, 3.05) is 52.4 Å². The van der Waals surface area contributed by atoms with Crippen LogP contribution in [0.15, 0.2) is 34.8 Å². The van der Waals surface area contributed by atoms with Crippen LogP contribution in [0.1, 0.15) is 39.3 Å². The molecule has 4 aromatic rings. The molecule has 0 aliphatic heterocycles. The standard InChI is InChI=1S/C14H13F2N3O4S.C14H13F2N3O3S.CH4/c1-22-8-4-7(15)10(16)9(12(8)23-2)11(20)6-5-18-14(24(3)21)19-13(6)17;1-21-8-4-7(15)10(16)9(12(8)22-2)11(20)6-5-18-14(23-3)19-13(6)17;/h4-5H,1-3H3,(H2,17,18,19);4-5H,1-3H3,(H2,17,18,19);1H4. The molecule has 48 heavy (non-hydrogen) atoms. The largest absolute Gasteiger partial charge is 0.493 e. The molecule has 1 atom stereocenters. The highest BCUT2D eigenvalue weighted by molar-refractivity contribution is 7.98. The molecule has 258 valence electrons. The maximum atomic E-state index is 14.2. The summed E-state index contributed by atoms with van der Waals surface area (Å²) >= 11 is 1.23. The van der Waals surface area contributed by atoms with Gasteiger partial charge in [0.1, 0.15) is 22.8 Å². The molecule has 2 heterocycles. The predicted molar refractivity (Wildman–Crippen MR) is 170 cm³/mol. The number of rotatable bonds is 10. The van der Waals surface area contributed by atoms with E-state index in [2.05, 4.69) is 19.9 Å². The topological polar surface area (TPSA) is 192 Å². The number of ether oxygens (including phenoxy) is 4. The van der Waals surface area contributed by atoms with Gasteiger partial charge in [-0.15, -0.1) is 0 Å². The van der Waals surface area contributed by atoms with Gasteiger partial charge in [0, 0.05) is 30.8 Å². The fraction of sp³-hybridized carbons (Fsp3) is 0.241. The minimum atomic E-state index is -1.52. The van der Waals surface area contributed by atoms with Crippen LogP contribution in [-0.4, -0.2) is 76.7 Å². The Hall–Kier alpha value is -5.04. The number of anilines is 2. The third-order valence-electron chi connectivity index (χ3n) is 6.10. The first kappa shape index (κ1) is 39.1. The molecular weight excluding hydrogens is 684 g/mol. The number of benzene rings is 2. The van der Waals surface area contributed by atoms with E-state index in [4.69, 9.17) is 30.4 Å². The summed E-state index contributed by atoms with van der Waals surface area (Å²) in [4.78, 5) is 40.5. The summed E-state index contributed by atoms with van der Waals surface area (Å²) in [6.07, 6.45) is 5.22. The molecule has 2 aromatic heterocycles. The lowest BCUT2D eigenvalue weighted by atomic mass is 10.0. The normalized spacial score (nSPS) is 11.0. The Morgan fingerprint density at radius 2 is 1.17 bits per heavy atom. The first-order valence-corrected chi connectivity index (χ1v) is 15.5. The van der Waals surface area contributed by atoms with Crippen molar-refractivity contribution in [1.82, 2.24) is 19.9 Å². The Balaban J connectivity index is 0.000000327. The highest BCUT2D eigenvalue weighted by Crippen LogP contribution is 2.38. The second-order valence-electron chi connectivity index (χ2n) is 8.79. The van der Waals surface area contributed by atoms with Gasteiger partial charge in [0.25, 0.3) is 0 Å². The average molecular weight is 715 g/mol. The van der Waals surface area contributed by atoms with Crippen molar-refractivity contribution in [1.29, 1.82) is 0 Å². The van der Waals surface area contributed by atoms with Crippen LogP contribution in [0.25, 0.3) is 0 Å². The number of ketones is 2. The van der Waals surface area contributed by atoms with Gasteiger partial charge in [-0.1, -0.05) is 19.2 Å². The molecule has 4 rings (SSSR count). The van der Waals surface area contributed by atoms with E-state index < -0.39 is 56.8 Å². The summed E-state index contributed by atoms with van der Waals surface area (Å²) in [5, 5.41) is 0.261. The number of nitrogen functional groups attached to an aromatic ring is 2. The van der Waals surface area contributed by atoms with Crippen LogP contribution in [0.4, 0.5) is 29.2 Å². The van der Waals surface area contributed by atoms with Crippen molar-refractivity contribution in [3.63, 3.8) is 0 Å². The minimum Gasteiger partial charge on any atom is -0.493 e. The molecule has 1 unspecified atom stereocenters. The summed E-state index contributed by atoms with van der Waals surface area (Å²) in [6, 6.07) is 1.55. The zero-order valence-corrected chi connectivity index (χ0v) is 27.1. The van der Waals surface area contributed by atoms with Crippen LogP contribution >= 0.6 is 11.8 Å². The Morgan fingerprint density at radius 3 is 1.50 bits per heavy atom. The number of carbonyl (C=O) groups excluding carboxylic acids is 2. The van der Waals surface area contributed by atoms with E-state index >= 15 is 0 Å². The number of nitrogens with two attached hydrogens (primary N) is 2. The molecule has 2 aromatic carbocycles. The van der Waals surface area contributed by atoms with Crippen LogP contribution in [0.5, 0.6) is 23.0 Å². The molecule has 0 fully saturated rings. The van der Waals surface area contributed by atoms with Crippen LogP contribution in [0.3, 0.4) is 0 Å². The lowest BCUT2D eigenvalue weighted by Crippen LogP contribution is -2.14. The van der Waals surface area contributed by atoms with Crippen molar-refractivity contribution in [3.8, 4) is 23.0 Å². The van der Waals surface area contributed by atoms with E-state index in [1.165, 1.54) is 46.5 Å². The lowest BCUT2D eigenvalue weighted by Gasteiger charge is -2.14. The Kier molecular flexibility index (Phi) is 13.6. The molecule has 0 spiro atoms. The summed E-state index contributed by atoms with van der Waals surface area (Å²) < 4.78 is 86.9. The number of carbonyl (C=O) groups is 2. The predicted octanol–water partition coefficient (Wildman–Crippen LogP) is 4.27. The summed E-state index contributed by atoms with van der Waals surface area (Å²) in [7, 11) is 3.33. The summed E-state index contributed by atoms with van der Waals surface area (Å²) in [5.41, 5.74) is 9.59. The van der Waals surface area contributed by atoms with Gasteiger partial charge in [0.2, 0.25) is 16.7 Å². The second-order valence-corrected chi connectivity index (χ2v) is 10.8. The third-order valence-corrected chi connectivity index (χ3v) is 7.37. The van der Waals surface area contributed by atoms with Gasteiger partial charge >= 0.3 is 0 Å². The van der Waals surface area contributed by atoms with E-state index in [1.807, 2.05) is 0 Å². The lowest BCUT2D eigenvalue weighted by molar-refractivity contribution is 0.102. The molecule has 4 N–H and O–H groups in total. The number of methoxy groups -OCH3 is 4. The first-order chi connectivity index (χ1) is 22.2. The van der Waals surface area contributed by atoms with E-state index in [0.717, 1.165) is 24.5 Å². The van der Waals surface area contributed by atoms with Crippen LogP contribution in [0.2, 0.25) is 0 Å².